The first-order valence-corrected chi connectivity index (χ1v) is 6.04. The predicted molar refractivity (Wildman–Crippen MR) is 67.0 cm³/mol. The van der Waals surface area contributed by atoms with Gasteiger partial charge >= 0.3 is 0 Å². The third-order valence-corrected chi connectivity index (χ3v) is 3.36. The number of rotatable bonds is 2. The van der Waals surface area contributed by atoms with Gasteiger partial charge < -0.3 is 0 Å². The van der Waals surface area contributed by atoms with Gasteiger partial charge in [-0.1, -0.05) is 41.6 Å². The van der Waals surface area contributed by atoms with Crippen LogP contribution in [0.5, 0.6) is 0 Å². The van der Waals surface area contributed by atoms with Crippen LogP contribution < -0.4 is 0 Å². The van der Waals surface area contributed by atoms with Crippen LogP contribution in [-0.2, 0) is 0 Å². The Morgan fingerprint density at radius 2 is 1.61 bits per heavy atom. The Morgan fingerprint density at radius 1 is 1.00 bits per heavy atom. The second-order valence-electron chi connectivity index (χ2n) is 3.16. The Hall–Kier alpha value is -2.08. The first-order chi connectivity index (χ1) is 8.74. The molecule has 0 fully saturated rings. The van der Waals surface area contributed by atoms with Crippen molar-refractivity contribution in [3.8, 4) is 12.1 Å². The summed E-state index contributed by atoms with van der Waals surface area (Å²) in [6, 6.07) is 13.1. The molecule has 4 nitrogen and oxygen atoms in total. The molecule has 1 heterocycles. The van der Waals surface area contributed by atoms with E-state index in [2.05, 4.69) is 9.97 Å². The summed E-state index contributed by atoms with van der Waals surface area (Å²) in [4.78, 5) is 8.83. The number of hydrogen-bond donors (Lipinski definition) is 0. The molecular formula is C12H5ClN4S. The summed E-state index contributed by atoms with van der Waals surface area (Å²) in [6.45, 7) is 0. The molecule has 18 heavy (non-hydrogen) atoms. The zero-order chi connectivity index (χ0) is 13.0. The lowest BCUT2D eigenvalue weighted by molar-refractivity contribution is 1.01. The molecule has 0 bridgehead atoms. The SMILES string of the molecule is N#Cc1nc(Cl)c(Sc2ccccc2)nc1C#N. The van der Waals surface area contributed by atoms with Crippen LogP contribution in [0.25, 0.3) is 0 Å². The molecular weight excluding hydrogens is 268 g/mol. The Bertz CT molecular complexity index is 658. The highest BCUT2D eigenvalue weighted by molar-refractivity contribution is 7.99. The highest BCUT2D eigenvalue weighted by Gasteiger charge is 2.12. The summed E-state index contributed by atoms with van der Waals surface area (Å²) in [5, 5.41) is 18.2. The maximum absolute atomic E-state index is 8.88. The van der Waals surface area contributed by atoms with Gasteiger partial charge in [0.1, 0.15) is 17.2 Å². The fourth-order valence-corrected chi connectivity index (χ4v) is 2.25. The zero-order valence-corrected chi connectivity index (χ0v) is 10.5. The number of aromatic nitrogens is 2. The summed E-state index contributed by atoms with van der Waals surface area (Å²) < 4.78 is 0. The Balaban J connectivity index is 2.41. The third-order valence-electron chi connectivity index (χ3n) is 1.99. The topological polar surface area (TPSA) is 73.4 Å². The monoisotopic (exact) mass is 272 g/mol. The van der Waals surface area contributed by atoms with Crippen LogP contribution in [0.15, 0.2) is 40.3 Å². The van der Waals surface area contributed by atoms with Crippen molar-refractivity contribution in [1.82, 2.24) is 9.97 Å². The summed E-state index contributed by atoms with van der Waals surface area (Å²) in [6.07, 6.45) is 0. The lowest BCUT2D eigenvalue weighted by atomic mass is 10.3. The number of benzene rings is 1. The van der Waals surface area contributed by atoms with E-state index in [0.717, 1.165) is 4.90 Å². The molecule has 1 aromatic carbocycles. The van der Waals surface area contributed by atoms with Crippen LogP contribution in [0.1, 0.15) is 11.4 Å². The van der Waals surface area contributed by atoms with Gasteiger partial charge in [-0.15, -0.1) is 0 Å². The van der Waals surface area contributed by atoms with Gasteiger partial charge in [-0.25, -0.2) is 9.97 Å². The van der Waals surface area contributed by atoms with Gasteiger partial charge in [0.2, 0.25) is 0 Å². The van der Waals surface area contributed by atoms with E-state index in [9.17, 15) is 0 Å². The summed E-state index contributed by atoms with van der Waals surface area (Å²) in [5.74, 6) is 0. The van der Waals surface area contributed by atoms with Crippen molar-refractivity contribution in [2.75, 3.05) is 0 Å². The molecule has 0 radical (unpaired) electrons. The largest absolute Gasteiger partial charge is 0.224 e. The third kappa shape index (κ3) is 2.60. The van der Waals surface area contributed by atoms with Crippen molar-refractivity contribution in [2.45, 2.75) is 9.92 Å². The van der Waals surface area contributed by atoms with Crippen LogP contribution in [0.2, 0.25) is 5.15 Å². The summed E-state index contributed by atoms with van der Waals surface area (Å²) in [5.41, 5.74) is -0.0692. The maximum atomic E-state index is 8.88. The molecule has 0 aliphatic heterocycles. The van der Waals surface area contributed by atoms with Gasteiger partial charge in [0.05, 0.1) is 0 Å². The van der Waals surface area contributed by atoms with Gasteiger partial charge in [-0.2, -0.15) is 10.5 Å². The normalized spacial score (nSPS) is 9.50. The molecule has 0 unspecified atom stereocenters. The van der Waals surface area contributed by atoms with Gasteiger partial charge in [-0.3, -0.25) is 0 Å². The Kier molecular flexibility index (Phi) is 3.78. The van der Waals surface area contributed by atoms with E-state index < -0.39 is 0 Å². The van der Waals surface area contributed by atoms with E-state index in [0.29, 0.717) is 5.03 Å². The Morgan fingerprint density at radius 3 is 2.22 bits per heavy atom. The van der Waals surface area contributed by atoms with E-state index >= 15 is 0 Å². The molecule has 0 saturated carbocycles. The Labute approximate surface area is 113 Å². The van der Waals surface area contributed by atoms with Crippen molar-refractivity contribution >= 4 is 23.4 Å². The molecule has 2 rings (SSSR count). The number of hydrogen-bond acceptors (Lipinski definition) is 5. The molecule has 1 aromatic heterocycles. The van der Waals surface area contributed by atoms with Crippen molar-refractivity contribution < 1.29 is 0 Å². The molecule has 0 N–H and O–H groups in total. The van der Waals surface area contributed by atoms with Crippen molar-refractivity contribution in [1.29, 1.82) is 10.5 Å². The van der Waals surface area contributed by atoms with Gasteiger partial charge in [0.25, 0.3) is 0 Å². The van der Waals surface area contributed by atoms with Gasteiger partial charge in [0, 0.05) is 4.90 Å². The quantitative estimate of drug-likeness (QED) is 0.840. The van der Waals surface area contributed by atoms with Crippen LogP contribution in [0.4, 0.5) is 0 Å². The van der Waals surface area contributed by atoms with Crippen LogP contribution in [0, 0.1) is 22.7 Å². The minimum absolute atomic E-state index is 0.0136. The van der Waals surface area contributed by atoms with Crippen LogP contribution in [0.3, 0.4) is 0 Å². The van der Waals surface area contributed by atoms with Gasteiger partial charge in [0.15, 0.2) is 16.5 Å². The average Bonchev–Trinajstić information content (AvgIpc) is 2.41. The fraction of sp³-hybridized carbons (Fsp3) is 0. The van der Waals surface area contributed by atoms with Crippen LogP contribution in [-0.4, -0.2) is 9.97 Å². The van der Waals surface area contributed by atoms with E-state index in [1.807, 2.05) is 36.4 Å². The van der Waals surface area contributed by atoms with Crippen LogP contribution >= 0.6 is 23.4 Å². The first-order valence-electron chi connectivity index (χ1n) is 4.85. The molecule has 0 spiro atoms. The molecule has 0 aliphatic carbocycles. The number of nitriles is 2. The fourth-order valence-electron chi connectivity index (χ4n) is 1.22. The molecule has 6 heteroatoms. The zero-order valence-electron chi connectivity index (χ0n) is 8.96. The molecule has 0 aliphatic rings. The van der Waals surface area contributed by atoms with Crippen molar-refractivity contribution in [3.63, 3.8) is 0 Å². The van der Waals surface area contributed by atoms with Gasteiger partial charge in [-0.05, 0) is 12.1 Å². The average molecular weight is 273 g/mol. The van der Waals surface area contributed by atoms with Crippen molar-refractivity contribution in [2.24, 2.45) is 0 Å². The maximum Gasteiger partial charge on any atom is 0.178 e. The first kappa shape index (κ1) is 12.4. The lowest BCUT2D eigenvalue weighted by Crippen LogP contribution is -1.97. The molecule has 86 valence electrons. The number of halogens is 1. The number of nitrogens with zero attached hydrogens (tertiary/aromatic N) is 4. The van der Waals surface area contributed by atoms with E-state index in [1.54, 1.807) is 6.07 Å². The van der Waals surface area contributed by atoms with E-state index in [1.165, 1.54) is 11.8 Å². The molecule has 0 atom stereocenters. The highest BCUT2D eigenvalue weighted by Crippen LogP contribution is 2.30. The van der Waals surface area contributed by atoms with Crippen molar-refractivity contribution in [3.05, 3.63) is 46.9 Å². The molecule has 0 saturated heterocycles. The minimum atomic E-state index is -0.0556. The molecule has 0 amide bonds. The summed E-state index contributed by atoms with van der Waals surface area (Å²) >= 11 is 7.23. The second kappa shape index (κ2) is 5.50. The predicted octanol–water partition coefficient (Wildman–Crippen LogP) is 3.02. The van der Waals surface area contributed by atoms with E-state index in [-0.39, 0.29) is 16.5 Å². The molecule has 2 aromatic rings. The van der Waals surface area contributed by atoms with E-state index in [4.69, 9.17) is 22.1 Å². The lowest BCUT2D eigenvalue weighted by Gasteiger charge is -2.03. The minimum Gasteiger partial charge on any atom is -0.224 e. The smallest absolute Gasteiger partial charge is 0.178 e. The highest BCUT2D eigenvalue weighted by atomic mass is 35.5. The summed E-state index contributed by atoms with van der Waals surface area (Å²) in [7, 11) is 0. The standard InChI is InChI=1S/C12H5ClN4S/c13-11-12(18-8-4-2-1-3-5-8)17-10(7-15)9(6-14)16-11/h1-5H. The second-order valence-corrected chi connectivity index (χ2v) is 4.58.